The summed E-state index contributed by atoms with van der Waals surface area (Å²) in [6.45, 7) is -0.789. The molecule has 0 fully saturated rings. The van der Waals surface area contributed by atoms with Crippen molar-refractivity contribution in [2.75, 3.05) is 6.61 Å². The number of rotatable bonds is 5. The molecule has 0 bridgehead atoms. The van der Waals surface area contributed by atoms with E-state index in [-0.39, 0.29) is 22.8 Å². The topological polar surface area (TPSA) is 92.0 Å². The summed E-state index contributed by atoms with van der Waals surface area (Å²) in [6.07, 6.45) is -3.30. The SMILES string of the molecule is N#Cc1cnc2ccc(-c3c(-c4ccc(F)cc4)ncn3[C@H](CO)CC(F)(F)F)nn12. The van der Waals surface area contributed by atoms with Crippen LogP contribution in [0.5, 0.6) is 0 Å². The Labute approximate surface area is 172 Å². The van der Waals surface area contributed by atoms with Crippen LogP contribution in [0.3, 0.4) is 0 Å². The predicted molar refractivity (Wildman–Crippen MR) is 101 cm³/mol. The van der Waals surface area contributed by atoms with Gasteiger partial charge >= 0.3 is 6.18 Å². The first-order valence-corrected chi connectivity index (χ1v) is 9.06. The maximum Gasteiger partial charge on any atom is 0.391 e. The number of imidazole rings is 2. The smallest absolute Gasteiger partial charge is 0.391 e. The monoisotopic (exact) mass is 430 g/mol. The molecule has 0 radical (unpaired) electrons. The molecule has 0 aliphatic carbocycles. The van der Waals surface area contributed by atoms with Gasteiger partial charge in [0, 0.05) is 5.56 Å². The van der Waals surface area contributed by atoms with E-state index in [0.717, 1.165) is 0 Å². The average Bonchev–Trinajstić information content (AvgIpc) is 3.35. The maximum atomic E-state index is 13.4. The summed E-state index contributed by atoms with van der Waals surface area (Å²) < 4.78 is 55.2. The molecule has 0 unspecified atom stereocenters. The molecule has 0 saturated heterocycles. The number of fused-ring (bicyclic) bond motifs is 1. The van der Waals surface area contributed by atoms with E-state index in [1.54, 1.807) is 6.07 Å². The zero-order valence-electron chi connectivity index (χ0n) is 15.8. The number of aromatic nitrogens is 5. The van der Waals surface area contributed by atoms with Crippen molar-refractivity contribution in [2.45, 2.75) is 18.6 Å². The van der Waals surface area contributed by atoms with E-state index in [1.807, 2.05) is 6.07 Å². The number of aliphatic hydroxyl groups is 1. The van der Waals surface area contributed by atoms with Crippen molar-refractivity contribution < 1.29 is 22.7 Å². The lowest BCUT2D eigenvalue weighted by Gasteiger charge is -2.20. The van der Waals surface area contributed by atoms with Gasteiger partial charge in [0.25, 0.3) is 0 Å². The summed E-state index contributed by atoms with van der Waals surface area (Å²) in [7, 11) is 0. The third-order valence-electron chi connectivity index (χ3n) is 4.70. The number of alkyl halides is 3. The Morgan fingerprint density at radius 1 is 1.10 bits per heavy atom. The summed E-state index contributed by atoms with van der Waals surface area (Å²) in [5.74, 6) is -0.480. The Bertz CT molecular complexity index is 1270. The van der Waals surface area contributed by atoms with Gasteiger partial charge in [-0.2, -0.15) is 23.5 Å². The van der Waals surface area contributed by atoms with Crippen LogP contribution in [0.2, 0.25) is 0 Å². The number of benzene rings is 1. The zero-order valence-corrected chi connectivity index (χ0v) is 15.8. The molecule has 0 aliphatic heterocycles. The van der Waals surface area contributed by atoms with Crippen LogP contribution in [0, 0.1) is 17.1 Å². The lowest BCUT2D eigenvalue weighted by atomic mass is 10.1. The second kappa shape index (κ2) is 7.81. The largest absolute Gasteiger partial charge is 0.394 e. The van der Waals surface area contributed by atoms with Crippen molar-refractivity contribution in [2.24, 2.45) is 0 Å². The Hall–Kier alpha value is -3.78. The summed E-state index contributed by atoms with van der Waals surface area (Å²) >= 11 is 0. The number of nitriles is 1. The molecule has 1 aromatic carbocycles. The van der Waals surface area contributed by atoms with E-state index in [2.05, 4.69) is 15.1 Å². The molecular weight excluding hydrogens is 416 g/mol. The van der Waals surface area contributed by atoms with Crippen LogP contribution in [0.4, 0.5) is 17.6 Å². The van der Waals surface area contributed by atoms with E-state index in [1.165, 1.54) is 51.9 Å². The van der Waals surface area contributed by atoms with Crippen molar-refractivity contribution in [3.05, 3.63) is 60.4 Å². The minimum atomic E-state index is -4.53. The third-order valence-corrected chi connectivity index (χ3v) is 4.70. The lowest BCUT2D eigenvalue weighted by molar-refractivity contribution is -0.145. The standard InChI is InChI=1S/C20H14F4N6O/c21-13-3-1-12(2-4-13)18-19(29(11-27-18)14(10-31)7-20(22,23)24)16-5-6-17-26-9-15(8-25)30(17)28-16/h1-6,9,11,14,31H,7,10H2/t14-/m0/s1. The number of aliphatic hydroxyl groups excluding tert-OH is 1. The van der Waals surface area contributed by atoms with Crippen molar-refractivity contribution in [3.8, 4) is 28.7 Å². The zero-order chi connectivity index (χ0) is 22.2. The van der Waals surface area contributed by atoms with Crippen LogP contribution in [0.15, 0.2) is 48.9 Å². The number of hydrogen-bond donors (Lipinski definition) is 1. The first-order chi connectivity index (χ1) is 14.8. The highest BCUT2D eigenvalue weighted by Crippen LogP contribution is 2.36. The van der Waals surface area contributed by atoms with Gasteiger partial charge in [-0.3, -0.25) is 0 Å². The van der Waals surface area contributed by atoms with Gasteiger partial charge in [-0.15, -0.1) is 0 Å². The van der Waals surface area contributed by atoms with Crippen molar-refractivity contribution >= 4 is 5.65 Å². The number of nitrogens with zero attached hydrogens (tertiary/aromatic N) is 6. The Morgan fingerprint density at radius 2 is 1.84 bits per heavy atom. The van der Waals surface area contributed by atoms with Crippen LogP contribution >= 0.6 is 0 Å². The molecule has 1 atom stereocenters. The second-order valence-corrected chi connectivity index (χ2v) is 6.76. The minimum Gasteiger partial charge on any atom is -0.394 e. The highest BCUT2D eigenvalue weighted by Gasteiger charge is 2.34. The molecule has 4 rings (SSSR count). The Balaban J connectivity index is 1.94. The fraction of sp³-hybridized carbons (Fsp3) is 0.200. The van der Waals surface area contributed by atoms with Gasteiger partial charge < -0.3 is 9.67 Å². The van der Waals surface area contributed by atoms with E-state index >= 15 is 0 Å². The quantitative estimate of drug-likeness (QED) is 0.487. The molecule has 0 aliphatic rings. The molecule has 3 heterocycles. The predicted octanol–water partition coefficient (Wildman–Crippen LogP) is 3.76. The van der Waals surface area contributed by atoms with Gasteiger partial charge in [0.15, 0.2) is 11.3 Å². The number of hydrogen-bond acceptors (Lipinski definition) is 5. The van der Waals surface area contributed by atoms with Gasteiger partial charge in [-0.25, -0.2) is 18.9 Å². The Kier molecular flexibility index (Phi) is 5.16. The normalized spacial score (nSPS) is 12.8. The van der Waals surface area contributed by atoms with Gasteiger partial charge in [-0.1, -0.05) is 0 Å². The summed E-state index contributed by atoms with van der Waals surface area (Å²) in [6, 6.07) is 8.98. The summed E-state index contributed by atoms with van der Waals surface area (Å²) in [4.78, 5) is 8.28. The molecule has 7 nitrogen and oxygen atoms in total. The first-order valence-electron chi connectivity index (χ1n) is 9.06. The molecule has 3 aromatic heterocycles. The van der Waals surface area contributed by atoms with Gasteiger partial charge in [0.2, 0.25) is 0 Å². The molecule has 0 amide bonds. The van der Waals surface area contributed by atoms with Crippen LogP contribution in [0.1, 0.15) is 18.2 Å². The molecule has 0 saturated carbocycles. The van der Waals surface area contributed by atoms with Gasteiger partial charge in [-0.05, 0) is 36.4 Å². The van der Waals surface area contributed by atoms with E-state index < -0.39 is 31.1 Å². The molecule has 4 aromatic rings. The lowest BCUT2D eigenvalue weighted by Crippen LogP contribution is -2.22. The average molecular weight is 430 g/mol. The molecular formula is C20H14F4N6O. The number of halogens is 4. The fourth-order valence-electron chi connectivity index (χ4n) is 3.30. The summed E-state index contributed by atoms with van der Waals surface area (Å²) in [5.41, 5.74) is 1.62. The Morgan fingerprint density at radius 3 is 2.48 bits per heavy atom. The fourth-order valence-corrected chi connectivity index (χ4v) is 3.30. The van der Waals surface area contributed by atoms with Crippen LogP contribution in [-0.2, 0) is 0 Å². The second-order valence-electron chi connectivity index (χ2n) is 6.76. The van der Waals surface area contributed by atoms with E-state index in [4.69, 9.17) is 0 Å². The molecule has 158 valence electrons. The van der Waals surface area contributed by atoms with Crippen molar-refractivity contribution in [1.29, 1.82) is 5.26 Å². The van der Waals surface area contributed by atoms with Gasteiger partial charge in [0.05, 0.1) is 43.0 Å². The van der Waals surface area contributed by atoms with Crippen LogP contribution in [0.25, 0.3) is 28.3 Å². The van der Waals surface area contributed by atoms with Crippen LogP contribution < -0.4 is 0 Å². The maximum absolute atomic E-state index is 13.4. The van der Waals surface area contributed by atoms with E-state index in [0.29, 0.717) is 11.2 Å². The van der Waals surface area contributed by atoms with Gasteiger partial charge in [0.1, 0.15) is 17.6 Å². The third kappa shape index (κ3) is 3.97. The van der Waals surface area contributed by atoms with Crippen molar-refractivity contribution in [3.63, 3.8) is 0 Å². The summed E-state index contributed by atoms with van der Waals surface area (Å²) in [5, 5.41) is 23.3. The molecule has 31 heavy (non-hydrogen) atoms. The van der Waals surface area contributed by atoms with Crippen molar-refractivity contribution in [1.82, 2.24) is 24.1 Å². The van der Waals surface area contributed by atoms with Crippen LogP contribution in [-0.4, -0.2) is 42.0 Å². The highest BCUT2D eigenvalue weighted by atomic mass is 19.4. The highest BCUT2D eigenvalue weighted by molar-refractivity contribution is 5.77. The first kappa shape index (κ1) is 20.5. The van der Waals surface area contributed by atoms with E-state index in [9.17, 15) is 27.9 Å². The molecule has 0 spiro atoms. The molecule has 11 heteroatoms. The molecule has 1 N–H and O–H groups in total. The minimum absolute atomic E-state index is 0.139.